The fourth-order valence-electron chi connectivity index (χ4n) is 3.06. The maximum atomic E-state index is 13.0. The first-order valence-electron chi connectivity index (χ1n) is 10.6. The highest BCUT2D eigenvalue weighted by atomic mass is 35.5. The van der Waals surface area contributed by atoms with Crippen molar-refractivity contribution in [2.75, 3.05) is 37.0 Å². The number of nitrogens with one attached hydrogen (secondary N) is 2. The van der Waals surface area contributed by atoms with Crippen LogP contribution in [0.25, 0.3) is 0 Å². The van der Waals surface area contributed by atoms with Crippen LogP contribution in [0.3, 0.4) is 0 Å². The zero-order valence-corrected chi connectivity index (χ0v) is 20.1. The lowest BCUT2D eigenvalue weighted by atomic mass is 10.2. The van der Waals surface area contributed by atoms with Gasteiger partial charge in [-0.25, -0.2) is 4.79 Å². The fourth-order valence-corrected chi connectivity index (χ4v) is 3.38. The van der Waals surface area contributed by atoms with E-state index in [1.165, 1.54) is 0 Å². The number of methoxy groups -OCH3 is 1. The molecule has 34 heavy (non-hydrogen) atoms. The van der Waals surface area contributed by atoms with Crippen molar-refractivity contribution in [1.82, 2.24) is 5.32 Å². The van der Waals surface area contributed by atoms with E-state index in [1.807, 2.05) is 0 Å². The monoisotopic (exact) mass is 501 g/mol. The molecule has 178 valence electrons. The smallest absolute Gasteiger partial charge is 0.326 e. The molecule has 0 fully saturated rings. The molecule has 0 saturated heterocycles. The Hall–Kier alpha value is -3.42. The summed E-state index contributed by atoms with van der Waals surface area (Å²) in [5, 5.41) is 6.78. The molecule has 2 N–H and O–H groups in total. The lowest BCUT2D eigenvalue weighted by Crippen LogP contribution is -2.38. The number of carbonyl (C=O) groups is 2. The summed E-state index contributed by atoms with van der Waals surface area (Å²) in [7, 11) is 1.58. The van der Waals surface area contributed by atoms with Gasteiger partial charge in [0.2, 0.25) is 0 Å². The lowest BCUT2D eigenvalue weighted by Gasteiger charge is -2.23. The van der Waals surface area contributed by atoms with Crippen LogP contribution in [-0.2, 0) is 4.79 Å². The van der Waals surface area contributed by atoms with Gasteiger partial charge in [0.05, 0.1) is 7.11 Å². The fraction of sp³-hybridized carbons (Fsp3) is 0.200. The van der Waals surface area contributed by atoms with Gasteiger partial charge in [-0.15, -0.1) is 0 Å². The number of nitrogens with zero attached hydrogens (tertiary/aromatic N) is 1. The number of benzene rings is 3. The SMILES string of the molecule is COc1ccc(N(CCCNC(=O)COc2ccc(Cl)cc2)C(=O)Nc2cccc(Cl)c2)cc1. The molecule has 0 spiro atoms. The highest BCUT2D eigenvalue weighted by molar-refractivity contribution is 6.31. The Bertz CT molecular complexity index is 1090. The second kappa shape index (κ2) is 12.7. The summed E-state index contributed by atoms with van der Waals surface area (Å²) in [5.74, 6) is 0.990. The molecular weight excluding hydrogens is 477 g/mol. The number of rotatable bonds is 10. The normalized spacial score (nSPS) is 10.3. The molecule has 0 heterocycles. The molecule has 3 rings (SSSR count). The lowest BCUT2D eigenvalue weighted by molar-refractivity contribution is -0.123. The molecule has 0 aliphatic carbocycles. The molecule has 0 saturated carbocycles. The molecule has 0 aromatic heterocycles. The third kappa shape index (κ3) is 7.86. The molecule has 0 aliphatic heterocycles. The molecule has 7 nitrogen and oxygen atoms in total. The quantitative estimate of drug-likeness (QED) is 0.353. The maximum Gasteiger partial charge on any atom is 0.326 e. The average molecular weight is 502 g/mol. The summed E-state index contributed by atoms with van der Waals surface area (Å²) in [4.78, 5) is 26.7. The molecule has 3 aromatic carbocycles. The summed E-state index contributed by atoms with van der Waals surface area (Å²) in [6.45, 7) is 0.635. The predicted molar refractivity (Wildman–Crippen MR) is 135 cm³/mol. The van der Waals surface area contributed by atoms with Crippen molar-refractivity contribution < 1.29 is 19.1 Å². The van der Waals surface area contributed by atoms with Gasteiger partial charge in [-0.1, -0.05) is 29.3 Å². The molecule has 9 heteroatoms. The zero-order chi connectivity index (χ0) is 24.3. The van der Waals surface area contributed by atoms with E-state index >= 15 is 0 Å². The molecule has 0 aliphatic rings. The van der Waals surface area contributed by atoms with Gasteiger partial charge in [0.25, 0.3) is 5.91 Å². The number of anilines is 2. The van der Waals surface area contributed by atoms with Crippen LogP contribution in [0.2, 0.25) is 10.0 Å². The van der Waals surface area contributed by atoms with Gasteiger partial charge in [-0.2, -0.15) is 0 Å². The summed E-state index contributed by atoms with van der Waals surface area (Å²) in [6.07, 6.45) is 0.529. The second-order valence-corrected chi connectivity index (χ2v) is 8.11. The van der Waals surface area contributed by atoms with Crippen LogP contribution in [0.15, 0.2) is 72.8 Å². The number of ether oxygens (including phenoxy) is 2. The third-order valence-corrected chi connectivity index (χ3v) is 5.26. The van der Waals surface area contributed by atoms with Crippen LogP contribution in [0.1, 0.15) is 6.42 Å². The number of hydrogen-bond donors (Lipinski definition) is 2. The largest absolute Gasteiger partial charge is 0.497 e. The van der Waals surface area contributed by atoms with Crippen molar-refractivity contribution in [3.8, 4) is 11.5 Å². The van der Waals surface area contributed by atoms with E-state index in [0.717, 1.165) is 0 Å². The van der Waals surface area contributed by atoms with E-state index in [1.54, 1.807) is 84.8 Å². The van der Waals surface area contributed by atoms with E-state index in [9.17, 15) is 9.59 Å². The van der Waals surface area contributed by atoms with Gasteiger partial charge >= 0.3 is 6.03 Å². The minimum Gasteiger partial charge on any atom is -0.497 e. The maximum absolute atomic E-state index is 13.0. The van der Waals surface area contributed by atoms with E-state index in [0.29, 0.717) is 52.4 Å². The van der Waals surface area contributed by atoms with Crippen molar-refractivity contribution in [3.63, 3.8) is 0 Å². The van der Waals surface area contributed by atoms with Crippen molar-refractivity contribution in [3.05, 3.63) is 82.8 Å². The standard InChI is InChI=1S/C25H25Cl2N3O4/c1-33-22-12-8-21(9-13-22)30(25(32)29-20-5-2-4-19(27)16-20)15-3-14-28-24(31)17-34-23-10-6-18(26)7-11-23/h2,4-13,16H,3,14-15,17H2,1H3,(H,28,31)(H,29,32). The molecule has 0 unspecified atom stereocenters. The molecule has 0 atom stereocenters. The van der Waals surface area contributed by atoms with Crippen LogP contribution in [0.5, 0.6) is 11.5 Å². The number of urea groups is 1. The summed E-state index contributed by atoms with van der Waals surface area (Å²) in [6, 6.07) is 20.6. The minimum absolute atomic E-state index is 0.112. The topological polar surface area (TPSA) is 79.9 Å². The van der Waals surface area contributed by atoms with E-state index in [4.69, 9.17) is 32.7 Å². The number of carbonyl (C=O) groups excluding carboxylic acids is 2. The highest BCUT2D eigenvalue weighted by Crippen LogP contribution is 2.22. The van der Waals surface area contributed by atoms with E-state index in [2.05, 4.69) is 10.6 Å². The highest BCUT2D eigenvalue weighted by Gasteiger charge is 2.16. The molecular formula is C25H25Cl2N3O4. The number of hydrogen-bond acceptors (Lipinski definition) is 4. The number of halogens is 2. The van der Waals surface area contributed by atoms with Crippen LogP contribution in [0, 0.1) is 0 Å². The Morgan fingerprint density at radius 2 is 1.62 bits per heavy atom. The Morgan fingerprint density at radius 3 is 2.29 bits per heavy atom. The van der Waals surface area contributed by atoms with Crippen molar-refractivity contribution >= 4 is 46.5 Å². The first-order valence-corrected chi connectivity index (χ1v) is 11.3. The van der Waals surface area contributed by atoms with Crippen molar-refractivity contribution in [2.24, 2.45) is 0 Å². The Morgan fingerprint density at radius 1 is 0.912 bits per heavy atom. The first kappa shape index (κ1) is 25.2. The van der Waals surface area contributed by atoms with Gasteiger partial charge in [-0.05, 0) is 73.2 Å². The van der Waals surface area contributed by atoms with Crippen molar-refractivity contribution in [1.29, 1.82) is 0 Å². The van der Waals surface area contributed by atoms with Gasteiger partial charge in [0.15, 0.2) is 6.61 Å². The van der Waals surface area contributed by atoms with Crippen LogP contribution in [0.4, 0.5) is 16.2 Å². The minimum atomic E-state index is -0.315. The first-order chi connectivity index (χ1) is 16.4. The van der Waals surface area contributed by atoms with Gasteiger partial charge in [0.1, 0.15) is 11.5 Å². The molecule has 0 bridgehead atoms. The van der Waals surface area contributed by atoms with Crippen LogP contribution in [-0.4, -0.2) is 38.7 Å². The average Bonchev–Trinajstić information content (AvgIpc) is 2.84. The second-order valence-electron chi connectivity index (χ2n) is 7.24. The summed E-state index contributed by atoms with van der Waals surface area (Å²) >= 11 is 11.9. The molecule has 3 aromatic rings. The number of amides is 3. The zero-order valence-electron chi connectivity index (χ0n) is 18.6. The van der Waals surface area contributed by atoms with E-state index in [-0.39, 0.29) is 18.5 Å². The predicted octanol–water partition coefficient (Wildman–Crippen LogP) is 5.63. The Balaban J connectivity index is 1.54. The van der Waals surface area contributed by atoms with Crippen LogP contribution < -0.4 is 25.0 Å². The van der Waals surface area contributed by atoms with E-state index < -0.39 is 0 Å². The van der Waals surface area contributed by atoms with Gasteiger partial charge in [-0.3, -0.25) is 9.69 Å². The molecule has 0 radical (unpaired) electrons. The van der Waals surface area contributed by atoms with Gasteiger partial charge in [0, 0.05) is 34.5 Å². The summed E-state index contributed by atoms with van der Waals surface area (Å²) < 4.78 is 10.6. The Labute approximate surface area is 208 Å². The van der Waals surface area contributed by atoms with Gasteiger partial charge < -0.3 is 20.1 Å². The third-order valence-electron chi connectivity index (χ3n) is 4.77. The Kier molecular flexibility index (Phi) is 9.43. The van der Waals surface area contributed by atoms with Crippen molar-refractivity contribution in [2.45, 2.75) is 6.42 Å². The molecule has 3 amide bonds. The summed E-state index contributed by atoms with van der Waals surface area (Å²) in [5.41, 5.74) is 1.28. The van der Waals surface area contributed by atoms with Crippen LogP contribution >= 0.6 is 23.2 Å².